The highest BCUT2D eigenvalue weighted by atomic mass is 35.5. The largest absolute Gasteiger partial charge is 0.393 e. The molecule has 1 saturated carbocycles. The Kier molecular flexibility index (Phi) is 8.02. The summed E-state index contributed by atoms with van der Waals surface area (Å²) in [4.78, 5) is 18.4. The fourth-order valence-corrected chi connectivity index (χ4v) is 4.56. The first-order valence-corrected chi connectivity index (χ1v) is 12.6. The van der Waals surface area contributed by atoms with Crippen LogP contribution in [0.3, 0.4) is 0 Å². The van der Waals surface area contributed by atoms with Crippen molar-refractivity contribution in [3.8, 4) is 6.07 Å². The maximum Gasteiger partial charge on any atom is 0.393 e. The molecule has 1 unspecified atom stereocenters. The summed E-state index contributed by atoms with van der Waals surface area (Å²) in [5, 5.41) is 15.7. The Balaban J connectivity index is 1.57. The van der Waals surface area contributed by atoms with Gasteiger partial charge in [0.2, 0.25) is 5.91 Å². The van der Waals surface area contributed by atoms with Crippen molar-refractivity contribution in [2.24, 2.45) is 17.3 Å². The van der Waals surface area contributed by atoms with E-state index in [-0.39, 0.29) is 23.5 Å². The number of amides is 1. The van der Waals surface area contributed by atoms with Gasteiger partial charge in [-0.25, -0.2) is 18.3 Å². The van der Waals surface area contributed by atoms with E-state index in [2.05, 4.69) is 21.5 Å². The summed E-state index contributed by atoms with van der Waals surface area (Å²) in [6.45, 7) is 1.80. The van der Waals surface area contributed by atoms with E-state index in [1.54, 1.807) is 0 Å². The maximum absolute atomic E-state index is 14.1. The molecule has 0 bridgehead atoms. The summed E-state index contributed by atoms with van der Waals surface area (Å²) in [5.41, 5.74) is -0.513. The van der Waals surface area contributed by atoms with Gasteiger partial charge in [-0.1, -0.05) is 30.7 Å². The molecule has 0 spiro atoms. The van der Waals surface area contributed by atoms with Crippen LogP contribution < -0.4 is 10.2 Å². The van der Waals surface area contributed by atoms with E-state index in [0.29, 0.717) is 35.4 Å². The second kappa shape index (κ2) is 11.0. The van der Waals surface area contributed by atoms with Gasteiger partial charge >= 0.3 is 6.18 Å². The van der Waals surface area contributed by atoms with Gasteiger partial charge in [-0.15, -0.1) is 0 Å². The first-order chi connectivity index (χ1) is 18.3. The number of carbonyl (C=O) groups excluding carboxylic acids is 1. The number of alkyl halides is 5. The predicted octanol–water partition coefficient (Wildman–Crippen LogP) is 5.95. The molecule has 1 aromatic carbocycles. The van der Waals surface area contributed by atoms with Crippen LogP contribution in [-0.4, -0.2) is 45.7 Å². The number of aromatic nitrogens is 3. The molecule has 3 aromatic rings. The van der Waals surface area contributed by atoms with Crippen molar-refractivity contribution >= 4 is 34.5 Å². The van der Waals surface area contributed by atoms with Crippen LogP contribution in [0.4, 0.5) is 33.3 Å². The van der Waals surface area contributed by atoms with Crippen LogP contribution in [0.1, 0.15) is 32.3 Å². The number of benzene rings is 1. The van der Waals surface area contributed by atoms with E-state index >= 15 is 0 Å². The molecule has 2 aromatic heterocycles. The van der Waals surface area contributed by atoms with Crippen molar-refractivity contribution in [3.63, 3.8) is 0 Å². The maximum atomic E-state index is 14.1. The Morgan fingerprint density at radius 3 is 2.51 bits per heavy atom. The highest BCUT2D eigenvalue weighted by molar-refractivity contribution is 6.29. The highest BCUT2D eigenvalue weighted by Crippen LogP contribution is 2.36. The summed E-state index contributed by atoms with van der Waals surface area (Å²) in [5.74, 6) is -2.70. The number of nitrogens with zero attached hydrogens (tertiary/aromatic N) is 5. The number of anilines is 2. The zero-order valence-electron chi connectivity index (χ0n) is 21.1. The van der Waals surface area contributed by atoms with Gasteiger partial charge in [-0.05, 0) is 43.9 Å². The number of rotatable bonds is 9. The first kappa shape index (κ1) is 28.5. The topological polar surface area (TPSA) is 86.3 Å². The summed E-state index contributed by atoms with van der Waals surface area (Å²) in [6, 6.07) is 9.34. The molecule has 0 saturated heterocycles. The van der Waals surface area contributed by atoms with Gasteiger partial charge in [-0.3, -0.25) is 4.79 Å². The molecule has 1 amide bonds. The Morgan fingerprint density at radius 2 is 1.92 bits per heavy atom. The molecule has 0 radical (unpaired) electrons. The minimum Gasteiger partial charge on any atom is -0.353 e. The molecule has 7 nitrogen and oxygen atoms in total. The lowest BCUT2D eigenvalue weighted by molar-refractivity contribution is -0.166. The Hall–Kier alpha value is -3.46. The van der Waals surface area contributed by atoms with Crippen molar-refractivity contribution < 1.29 is 26.7 Å². The normalized spacial score (nSPS) is 19.7. The molecular formula is C26H26ClF5N6O. The van der Waals surface area contributed by atoms with Crippen molar-refractivity contribution in [2.75, 3.05) is 11.4 Å². The van der Waals surface area contributed by atoms with Crippen LogP contribution >= 0.6 is 11.6 Å². The molecule has 1 aliphatic carbocycles. The molecule has 39 heavy (non-hydrogen) atoms. The van der Waals surface area contributed by atoms with E-state index in [9.17, 15) is 26.7 Å². The zero-order valence-corrected chi connectivity index (χ0v) is 21.8. The van der Waals surface area contributed by atoms with E-state index in [0.717, 1.165) is 6.92 Å². The van der Waals surface area contributed by atoms with E-state index in [4.69, 9.17) is 16.9 Å². The number of fused-ring (bicyclic) bond motifs is 1. The monoisotopic (exact) mass is 568 g/mol. The van der Waals surface area contributed by atoms with Gasteiger partial charge in [0.05, 0.1) is 36.0 Å². The van der Waals surface area contributed by atoms with E-state index in [1.165, 1.54) is 59.1 Å². The molecule has 1 aliphatic rings. The lowest BCUT2D eigenvalue weighted by atomic mass is 9.78. The summed E-state index contributed by atoms with van der Waals surface area (Å²) >= 11 is 5.91. The van der Waals surface area contributed by atoms with Crippen LogP contribution in [0.2, 0.25) is 5.15 Å². The number of hydrogen-bond acceptors (Lipinski definition) is 5. The van der Waals surface area contributed by atoms with Crippen molar-refractivity contribution in [1.29, 1.82) is 5.26 Å². The number of hydrogen-bond donors (Lipinski definition) is 1. The molecule has 2 heterocycles. The second-order valence-corrected chi connectivity index (χ2v) is 10.6. The Bertz CT molecular complexity index is 1370. The third kappa shape index (κ3) is 6.24. The zero-order chi connectivity index (χ0) is 28.5. The first-order valence-electron chi connectivity index (χ1n) is 12.2. The van der Waals surface area contributed by atoms with Crippen LogP contribution in [0.15, 0.2) is 42.7 Å². The van der Waals surface area contributed by atoms with Crippen LogP contribution in [-0.2, 0) is 11.2 Å². The molecule has 1 N–H and O–H groups in total. The standard InChI is InChI=1S/C26H26ClF5N6O/c1-15(26(30,31)32)13-37(20-12-34-22-9-21(27)36-38(22)14-20)19-5-3-16(4-6-19)10-25(2,23(28)29)24(39)35-18-7-17(8-18)11-33/h3-6,9,12,14-15,17-18,23H,7-8,10,13H2,1-2H3,(H,35,39)/t15?,17?,18?,25-/m1/s1. The van der Waals surface area contributed by atoms with Gasteiger partial charge < -0.3 is 10.2 Å². The molecule has 0 aliphatic heterocycles. The van der Waals surface area contributed by atoms with Gasteiger partial charge in [0, 0.05) is 24.3 Å². The van der Waals surface area contributed by atoms with E-state index < -0.39 is 36.4 Å². The SMILES string of the molecule is CC(CN(c1ccc(C[C@@](C)(C(=O)NC2CC(C#N)C2)C(F)F)cc1)c1cnc2cc(Cl)nn2c1)C(F)(F)F. The van der Waals surface area contributed by atoms with Gasteiger partial charge in [-0.2, -0.15) is 23.5 Å². The van der Waals surface area contributed by atoms with Gasteiger partial charge in [0.25, 0.3) is 6.43 Å². The van der Waals surface area contributed by atoms with Crippen molar-refractivity contribution in [3.05, 3.63) is 53.4 Å². The molecule has 1 fully saturated rings. The summed E-state index contributed by atoms with van der Waals surface area (Å²) in [6.07, 6.45) is -3.96. The fraction of sp³-hybridized carbons (Fsp3) is 0.462. The molecular weight excluding hydrogens is 543 g/mol. The lowest BCUT2D eigenvalue weighted by Gasteiger charge is -2.35. The number of halogens is 6. The van der Waals surface area contributed by atoms with Crippen molar-refractivity contribution in [1.82, 2.24) is 19.9 Å². The number of nitriles is 1. The van der Waals surface area contributed by atoms with Crippen LogP contribution in [0.25, 0.3) is 5.65 Å². The third-order valence-corrected chi connectivity index (χ3v) is 7.26. The van der Waals surface area contributed by atoms with E-state index in [1.807, 2.05) is 0 Å². The Labute approximate surface area is 226 Å². The lowest BCUT2D eigenvalue weighted by Crippen LogP contribution is -2.52. The molecule has 13 heteroatoms. The van der Waals surface area contributed by atoms with Crippen molar-refractivity contribution in [2.45, 2.75) is 51.8 Å². The smallest absolute Gasteiger partial charge is 0.353 e. The fourth-order valence-electron chi connectivity index (χ4n) is 4.38. The number of carbonyl (C=O) groups is 1. The third-order valence-electron chi connectivity index (χ3n) is 7.07. The van der Waals surface area contributed by atoms with Crippen LogP contribution in [0.5, 0.6) is 0 Å². The molecule has 2 atom stereocenters. The predicted molar refractivity (Wildman–Crippen MR) is 135 cm³/mol. The minimum atomic E-state index is -4.45. The molecule has 4 rings (SSSR count). The Morgan fingerprint density at radius 1 is 1.26 bits per heavy atom. The summed E-state index contributed by atoms with van der Waals surface area (Å²) < 4.78 is 69.9. The highest BCUT2D eigenvalue weighted by Gasteiger charge is 2.45. The molecule has 208 valence electrons. The van der Waals surface area contributed by atoms with Gasteiger partial charge in [0.15, 0.2) is 10.8 Å². The quantitative estimate of drug-likeness (QED) is 0.322. The number of nitrogens with one attached hydrogen (secondary N) is 1. The summed E-state index contributed by atoms with van der Waals surface area (Å²) in [7, 11) is 0. The average molecular weight is 569 g/mol. The second-order valence-electron chi connectivity index (χ2n) is 10.2. The van der Waals surface area contributed by atoms with Gasteiger partial charge in [0.1, 0.15) is 5.41 Å². The minimum absolute atomic E-state index is 0.174. The van der Waals surface area contributed by atoms with Crippen LogP contribution in [0, 0.1) is 28.6 Å². The average Bonchev–Trinajstić information content (AvgIpc) is 3.23.